The monoisotopic (exact) mass is 151 g/mol. The van der Waals surface area contributed by atoms with Gasteiger partial charge < -0.3 is 0 Å². The van der Waals surface area contributed by atoms with Crippen LogP contribution in [0.1, 0.15) is 6.92 Å². The summed E-state index contributed by atoms with van der Waals surface area (Å²) in [5.74, 6) is -0.237. The zero-order valence-corrected chi connectivity index (χ0v) is 6.47. The Morgan fingerprint density at radius 2 is 2.22 bits per heavy atom. The molecule has 0 spiro atoms. The van der Waals surface area contributed by atoms with Crippen molar-refractivity contribution < 1.29 is 9.63 Å². The molecular weight excluding hydrogens is 142 g/mol. The molecule has 0 aromatic rings. The third-order valence-electron chi connectivity index (χ3n) is 0.925. The smallest absolute Gasteiger partial charge is 0.263 e. The molecular formula is C5H10ClNO2. The van der Waals surface area contributed by atoms with Gasteiger partial charge in [-0.15, -0.1) is 11.6 Å². The van der Waals surface area contributed by atoms with E-state index in [1.807, 2.05) is 0 Å². The molecule has 9 heavy (non-hydrogen) atoms. The summed E-state index contributed by atoms with van der Waals surface area (Å²) in [4.78, 5) is 15.3. The number of rotatable bonds is 2. The van der Waals surface area contributed by atoms with Gasteiger partial charge in [0.15, 0.2) is 0 Å². The lowest BCUT2D eigenvalue weighted by Crippen LogP contribution is -2.30. The van der Waals surface area contributed by atoms with Gasteiger partial charge in [-0.25, -0.2) is 5.06 Å². The molecule has 0 radical (unpaired) electrons. The van der Waals surface area contributed by atoms with E-state index in [9.17, 15) is 4.79 Å². The molecule has 54 valence electrons. The summed E-state index contributed by atoms with van der Waals surface area (Å²) in [6.45, 7) is 1.60. The minimum atomic E-state index is -0.519. The van der Waals surface area contributed by atoms with E-state index in [-0.39, 0.29) is 5.91 Å². The molecule has 1 atom stereocenters. The molecule has 0 heterocycles. The van der Waals surface area contributed by atoms with Gasteiger partial charge in [-0.1, -0.05) is 0 Å². The highest BCUT2D eigenvalue weighted by molar-refractivity contribution is 6.30. The fraction of sp³-hybridized carbons (Fsp3) is 0.800. The Morgan fingerprint density at radius 3 is 2.33 bits per heavy atom. The van der Waals surface area contributed by atoms with Crippen LogP contribution in [-0.4, -0.2) is 30.5 Å². The highest BCUT2D eigenvalue weighted by atomic mass is 35.5. The maximum absolute atomic E-state index is 10.7. The Bertz CT molecular complexity index is 105. The van der Waals surface area contributed by atoms with Crippen molar-refractivity contribution in [2.75, 3.05) is 14.2 Å². The van der Waals surface area contributed by atoms with Gasteiger partial charge in [0.25, 0.3) is 5.91 Å². The Balaban J connectivity index is 3.73. The summed E-state index contributed by atoms with van der Waals surface area (Å²) in [7, 11) is 2.93. The predicted octanol–water partition coefficient (Wildman–Crippen LogP) is 0.633. The van der Waals surface area contributed by atoms with E-state index in [2.05, 4.69) is 4.84 Å². The number of hydrogen-bond acceptors (Lipinski definition) is 2. The van der Waals surface area contributed by atoms with Gasteiger partial charge in [-0.3, -0.25) is 9.63 Å². The van der Waals surface area contributed by atoms with E-state index in [1.54, 1.807) is 6.92 Å². The van der Waals surface area contributed by atoms with Gasteiger partial charge in [-0.2, -0.15) is 0 Å². The zero-order valence-electron chi connectivity index (χ0n) is 5.72. The van der Waals surface area contributed by atoms with E-state index < -0.39 is 5.38 Å². The maximum Gasteiger partial charge on any atom is 0.263 e. The van der Waals surface area contributed by atoms with Crippen LogP contribution in [-0.2, 0) is 9.63 Å². The molecule has 1 amide bonds. The Kier molecular flexibility index (Phi) is 3.58. The van der Waals surface area contributed by atoms with Crippen molar-refractivity contribution in [3.8, 4) is 0 Å². The van der Waals surface area contributed by atoms with Crippen molar-refractivity contribution in [1.82, 2.24) is 5.06 Å². The number of carbonyl (C=O) groups excluding carboxylic acids is 1. The van der Waals surface area contributed by atoms with Crippen molar-refractivity contribution in [1.29, 1.82) is 0 Å². The number of nitrogens with zero attached hydrogens (tertiary/aromatic N) is 1. The molecule has 4 heteroatoms. The van der Waals surface area contributed by atoms with Gasteiger partial charge in [0.1, 0.15) is 5.38 Å². The molecule has 0 saturated carbocycles. The largest absolute Gasteiger partial charge is 0.275 e. The van der Waals surface area contributed by atoms with Crippen LogP contribution in [0, 0.1) is 0 Å². The van der Waals surface area contributed by atoms with E-state index in [1.165, 1.54) is 14.2 Å². The lowest BCUT2D eigenvalue weighted by molar-refractivity contribution is -0.167. The quantitative estimate of drug-likeness (QED) is 0.428. The molecule has 0 bridgehead atoms. The Morgan fingerprint density at radius 1 is 1.78 bits per heavy atom. The van der Waals surface area contributed by atoms with Crippen LogP contribution < -0.4 is 0 Å². The van der Waals surface area contributed by atoms with Gasteiger partial charge in [0.2, 0.25) is 0 Å². The lowest BCUT2D eigenvalue weighted by Gasteiger charge is -2.14. The first-order chi connectivity index (χ1) is 4.09. The van der Waals surface area contributed by atoms with Crippen molar-refractivity contribution in [2.24, 2.45) is 0 Å². The molecule has 3 nitrogen and oxygen atoms in total. The summed E-state index contributed by atoms with van der Waals surface area (Å²) in [6.07, 6.45) is 0. The Labute approximate surface area is 59.5 Å². The summed E-state index contributed by atoms with van der Waals surface area (Å²) in [5, 5.41) is 0.576. The normalized spacial score (nSPS) is 12.9. The zero-order chi connectivity index (χ0) is 7.44. The standard InChI is InChI=1S/C5H10ClNO2/c1-4(6)5(8)7(2)9-3/h4H,1-3H3/t4-/m1/s1. The van der Waals surface area contributed by atoms with Crippen LogP contribution in [0.4, 0.5) is 0 Å². The van der Waals surface area contributed by atoms with Crippen LogP contribution in [0.25, 0.3) is 0 Å². The van der Waals surface area contributed by atoms with E-state index in [0.29, 0.717) is 0 Å². The molecule has 0 aliphatic heterocycles. The number of alkyl halides is 1. The summed E-state index contributed by atoms with van der Waals surface area (Å²) < 4.78 is 0. The Hall–Kier alpha value is -0.280. The minimum Gasteiger partial charge on any atom is -0.275 e. The number of halogens is 1. The van der Waals surface area contributed by atoms with Crippen LogP contribution >= 0.6 is 11.6 Å². The molecule has 0 aliphatic carbocycles. The topological polar surface area (TPSA) is 29.5 Å². The van der Waals surface area contributed by atoms with Gasteiger partial charge in [0, 0.05) is 7.05 Å². The molecule has 0 N–H and O–H groups in total. The number of amides is 1. The second-order valence-corrected chi connectivity index (χ2v) is 2.29. The van der Waals surface area contributed by atoms with Crippen LogP contribution in [0.2, 0.25) is 0 Å². The lowest BCUT2D eigenvalue weighted by atomic mass is 10.4. The molecule has 0 aromatic carbocycles. The van der Waals surface area contributed by atoms with E-state index >= 15 is 0 Å². The third kappa shape index (κ3) is 2.67. The van der Waals surface area contributed by atoms with Crippen molar-refractivity contribution >= 4 is 17.5 Å². The molecule has 0 aromatic heterocycles. The first-order valence-electron chi connectivity index (χ1n) is 2.55. The fourth-order valence-electron chi connectivity index (χ4n) is 0.340. The first-order valence-corrected chi connectivity index (χ1v) is 2.99. The molecule has 0 fully saturated rings. The highest BCUT2D eigenvalue weighted by Gasteiger charge is 2.13. The molecule has 0 aliphatic rings. The number of hydroxylamine groups is 2. The first kappa shape index (κ1) is 8.72. The van der Waals surface area contributed by atoms with Crippen LogP contribution in [0.5, 0.6) is 0 Å². The van der Waals surface area contributed by atoms with E-state index in [4.69, 9.17) is 11.6 Å². The summed E-state index contributed by atoms with van der Waals surface area (Å²) in [5.41, 5.74) is 0. The average molecular weight is 152 g/mol. The minimum absolute atomic E-state index is 0.237. The number of carbonyl (C=O) groups is 1. The number of hydrogen-bond donors (Lipinski definition) is 0. The third-order valence-corrected chi connectivity index (χ3v) is 1.11. The maximum atomic E-state index is 10.7. The van der Waals surface area contributed by atoms with Crippen LogP contribution in [0.15, 0.2) is 0 Å². The second kappa shape index (κ2) is 3.69. The fourth-order valence-corrected chi connectivity index (χ4v) is 0.478. The van der Waals surface area contributed by atoms with E-state index in [0.717, 1.165) is 5.06 Å². The molecule has 0 saturated heterocycles. The summed E-state index contributed by atoms with van der Waals surface area (Å²) in [6, 6.07) is 0. The van der Waals surface area contributed by atoms with Crippen LogP contribution in [0.3, 0.4) is 0 Å². The SMILES string of the molecule is CON(C)C(=O)[C@@H](C)Cl. The molecule has 0 rings (SSSR count). The highest BCUT2D eigenvalue weighted by Crippen LogP contribution is 1.98. The average Bonchev–Trinajstić information content (AvgIpc) is 1.84. The van der Waals surface area contributed by atoms with Crippen molar-refractivity contribution in [3.05, 3.63) is 0 Å². The van der Waals surface area contributed by atoms with Gasteiger partial charge >= 0.3 is 0 Å². The summed E-state index contributed by atoms with van der Waals surface area (Å²) >= 11 is 5.43. The predicted molar refractivity (Wildman–Crippen MR) is 35.1 cm³/mol. The van der Waals surface area contributed by atoms with Gasteiger partial charge in [0.05, 0.1) is 7.11 Å². The second-order valence-electron chi connectivity index (χ2n) is 1.63. The molecule has 0 unspecified atom stereocenters. The van der Waals surface area contributed by atoms with Gasteiger partial charge in [-0.05, 0) is 6.92 Å². The van der Waals surface area contributed by atoms with Crippen molar-refractivity contribution in [2.45, 2.75) is 12.3 Å². The van der Waals surface area contributed by atoms with Crippen molar-refractivity contribution in [3.63, 3.8) is 0 Å².